The summed E-state index contributed by atoms with van der Waals surface area (Å²) < 4.78 is 3.76. The molecule has 1 fully saturated rings. The van der Waals surface area contributed by atoms with Gasteiger partial charge in [0.15, 0.2) is 5.65 Å². The number of carbonyl (C=O) groups is 1. The minimum atomic E-state index is -0.262. The minimum Gasteiger partial charge on any atom is -0.354 e. The van der Waals surface area contributed by atoms with Crippen molar-refractivity contribution in [2.24, 2.45) is 0 Å². The van der Waals surface area contributed by atoms with Gasteiger partial charge in [-0.2, -0.15) is 4.98 Å². The Morgan fingerprint density at radius 3 is 2.80 bits per heavy atom. The van der Waals surface area contributed by atoms with Gasteiger partial charge in [0.2, 0.25) is 5.91 Å². The van der Waals surface area contributed by atoms with Gasteiger partial charge < -0.3 is 10.2 Å². The van der Waals surface area contributed by atoms with Crippen LogP contribution < -0.4 is 10.9 Å². The lowest BCUT2D eigenvalue weighted by molar-refractivity contribution is -0.121. The Bertz CT molecular complexity index is 1090. The number of hydrogen-bond acceptors (Lipinski definition) is 4. The highest BCUT2D eigenvalue weighted by atomic mass is 16.2. The maximum Gasteiger partial charge on any atom is 0.273 e. The summed E-state index contributed by atoms with van der Waals surface area (Å²) in [7, 11) is 2.20. The number of aryl methyl sites for hydroxylation is 1. The molecule has 0 spiro atoms. The van der Waals surface area contributed by atoms with E-state index in [1.807, 2.05) is 40.4 Å². The molecule has 0 radical (unpaired) electrons. The molecule has 0 bridgehead atoms. The van der Waals surface area contributed by atoms with Crippen molar-refractivity contribution >= 4 is 22.5 Å². The van der Waals surface area contributed by atoms with Gasteiger partial charge in [-0.1, -0.05) is 31.4 Å². The Hall–Kier alpha value is -2.67. The highest BCUT2D eigenvalue weighted by Gasteiger charge is 2.18. The van der Waals surface area contributed by atoms with Crippen molar-refractivity contribution in [2.45, 2.75) is 58.0 Å². The zero-order valence-corrected chi connectivity index (χ0v) is 17.9. The van der Waals surface area contributed by atoms with Crippen molar-refractivity contribution in [3.63, 3.8) is 0 Å². The van der Waals surface area contributed by atoms with E-state index in [2.05, 4.69) is 22.2 Å². The lowest BCUT2D eigenvalue weighted by Crippen LogP contribution is -2.36. The SMILES string of the molecule is Cc1cc(=O)nc2c3ccccc3n(CC(=O)NCCCN(C)C3CCCCC3)n12. The summed E-state index contributed by atoms with van der Waals surface area (Å²) in [5.74, 6) is -0.0314. The molecule has 1 amide bonds. The predicted molar refractivity (Wildman–Crippen MR) is 119 cm³/mol. The fraction of sp³-hybridized carbons (Fsp3) is 0.522. The van der Waals surface area contributed by atoms with Gasteiger partial charge in [0.1, 0.15) is 6.54 Å². The first-order chi connectivity index (χ1) is 14.5. The van der Waals surface area contributed by atoms with Gasteiger partial charge in [-0.05, 0) is 51.9 Å². The third kappa shape index (κ3) is 4.26. The lowest BCUT2D eigenvalue weighted by atomic mass is 9.94. The zero-order valence-electron chi connectivity index (χ0n) is 17.9. The standard InChI is InChI=1S/C23H31N5O2/c1-17-15-21(29)25-23-19-11-6-7-12-20(19)27(28(17)23)16-22(30)24-13-8-14-26(2)18-9-4-3-5-10-18/h6-7,11-12,15,18H,3-5,8-10,13-14,16H2,1-2H3,(H,24,30). The highest BCUT2D eigenvalue weighted by Crippen LogP contribution is 2.22. The minimum absolute atomic E-state index is 0.0314. The maximum atomic E-state index is 12.7. The molecular formula is C23H31N5O2. The van der Waals surface area contributed by atoms with E-state index in [-0.39, 0.29) is 18.0 Å². The molecule has 0 atom stereocenters. The average Bonchev–Trinajstić information content (AvgIpc) is 3.05. The molecule has 7 nitrogen and oxygen atoms in total. The number of carbonyl (C=O) groups excluding carboxylic acids is 1. The number of para-hydroxylation sites is 1. The van der Waals surface area contributed by atoms with E-state index in [1.165, 1.54) is 38.2 Å². The van der Waals surface area contributed by atoms with Crippen molar-refractivity contribution in [3.05, 3.63) is 46.4 Å². The summed E-state index contributed by atoms with van der Waals surface area (Å²) in [5, 5.41) is 3.93. The monoisotopic (exact) mass is 409 g/mol. The Kier molecular flexibility index (Phi) is 6.18. The van der Waals surface area contributed by atoms with Crippen molar-refractivity contribution in [3.8, 4) is 0 Å². The summed E-state index contributed by atoms with van der Waals surface area (Å²) >= 11 is 0. The molecule has 0 saturated heterocycles. The van der Waals surface area contributed by atoms with Gasteiger partial charge in [-0.3, -0.25) is 14.3 Å². The van der Waals surface area contributed by atoms with Crippen molar-refractivity contribution < 1.29 is 4.79 Å². The summed E-state index contributed by atoms with van der Waals surface area (Å²) in [6.07, 6.45) is 7.58. The number of nitrogens with one attached hydrogen (secondary N) is 1. The molecule has 0 unspecified atom stereocenters. The normalized spacial score (nSPS) is 15.3. The van der Waals surface area contributed by atoms with E-state index in [9.17, 15) is 9.59 Å². The Labute approximate surface area is 176 Å². The fourth-order valence-electron chi connectivity index (χ4n) is 4.67. The first-order valence-corrected chi connectivity index (χ1v) is 11.0. The number of nitrogens with zero attached hydrogens (tertiary/aromatic N) is 4. The molecule has 0 aliphatic heterocycles. The third-order valence-corrected chi connectivity index (χ3v) is 6.25. The second-order valence-corrected chi connectivity index (χ2v) is 8.42. The summed E-state index contributed by atoms with van der Waals surface area (Å²) in [5.41, 5.74) is 1.99. The van der Waals surface area contributed by atoms with E-state index in [0.717, 1.165) is 29.6 Å². The first-order valence-electron chi connectivity index (χ1n) is 11.0. The van der Waals surface area contributed by atoms with E-state index in [0.29, 0.717) is 18.2 Å². The lowest BCUT2D eigenvalue weighted by Gasteiger charge is -2.31. The Morgan fingerprint density at radius 1 is 1.23 bits per heavy atom. The molecule has 1 saturated carbocycles. The maximum absolute atomic E-state index is 12.7. The van der Waals surface area contributed by atoms with Gasteiger partial charge in [0, 0.05) is 29.7 Å². The van der Waals surface area contributed by atoms with Crippen LogP contribution in [0, 0.1) is 6.92 Å². The van der Waals surface area contributed by atoms with Crippen LogP contribution in [0.5, 0.6) is 0 Å². The Morgan fingerprint density at radius 2 is 2.00 bits per heavy atom. The molecule has 2 heterocycles. The number of hydrogen-bond donors (Lipinski definition) is 1. The molecule has 3 aromatic rings. The predicted octanol–water partition coefficient (Wildman–Crippen LogP) is 2.73. The number of rotatable bonds is 7. The highest BCUT2D eigenvalue weighted by molar-refractivity contribution is 5.93. The molecule has 30 heavy (non-hydrogen) atoms. The number of fused-ring (bicyclic) bond motifs is 3. The molecule has 1 aliphatic carbocycles. The largest absolute Gasteiger partial charge is 0.354 e. The number of aromatic nitrogens is 3. The molecular weight excluding hydrogens is 378 g/mol. The zero-order chi connectivity index (χ0) is 21.1. The van der Waals surface area contributed by atoms with Crippen molar-refractivity contribution in [2.75, 3.05) is 20.1 Å². The van der Waals surface area contributed by atoms with Crippen LogP contribution >= 0.6 is 0 Å². The van der Waals surface area contributed by atoms with Gasteiger partial charge in [0.05, 0.1) is 5.52 Å². The summed E-state index contributed by atoms with van der Waals surface area (Å²) in [6, 6.07) is 9.95. The molecule has 4 rings (SSSR count). The summed E-state index contributed by atoms with van der Waals surface area (Å²) in [4.78, 5) is 31.2. The summed E-state index contributed by atoms with van der Waals surface area (Å²) in [6.45, 7) is 3.72. The average molecular weight is 410 g/mol. The van der Waals surface area contributed by atoms with E-state index in [4.69, 9.17) is 0 Å². The van der Waals surface area contributed by atoms with Crippen LogP contribution in [0.4, 0.5) is 0 Å². The van der Waals surface area contributed by atoms with Crippen LogP contribution in [0.1, 0.15) is 44.2 Å². The van der Waals surface area contributed by atoms with Crippen LogP contribution in [0.2, 0.25) is 0 Å². The van der Waals surface area contributed by atoms with Gasteiger partial charge in [-0.25, -0.2) is 4.52 Å². The second-order valence-electron chi connectivity index (χ2n) is 8.42. The van der Waals surface area contributed by atoms with Crippen molar-refractivity contribution in [1.29, 1.82) is 0 Å². The van der Waals surface area contributed by atoms with E-state index in [1.54, 1.807) is 0 Å². The molecule has 1 aliphatic rings. The van der Waals surface area contributed by atoms with Crippen LogP contribution in [-0.2, 0) is 11.3 Å². The third-order valence-electron chi connectivity index (χ3n) is 6.25. The van der Waals surface area contributed by atoms with Gasteiger partial charge >= 0.3 is 0 Å². The molecule has 7 heteroatoms. The van der Waals surface area contributed by atoms with Crippen LogP contribution in [0.25, 0.3) is 16.6 Å². The van der Waals surface area contributed by atoms with E-state index >= 15 is 0 Å². The van der Waals surface area contributed by atoms with Crippen LogP contribution in [0.15, 0.2) is 35.1 Å². The molecule has 1 aromatic carbocycles. The van der Waals surface area contributed by atoms with Crippen molar-refractivity contribution in [1.82, 2.24) is 24.4 Å². The van der Waals surface area contributed by atoms with Crippen LogP contribution in [0.3, 0.4) is 0 Å². The second kappa shape index (κ2) is 9.00. The molecule has 1 N–H and O–H groups in total. The number of benzene rings is 1. The van der Waals surface area contributed by atoms with Gasteiger partial charge in [0.25, 0.3) is 5.56 Å². The topological polar surface area (TPSA) is 71.6 Å². The van der Waals surface area contributed by atoms with Crippen LogP contribution in [-0.4, -0.2) is 51.2 Å². The molecule has 160 valence electrons. The molecule has 2 aromatic heterocycles. The smallest absolute Gasteiger partial charge is 0.273 e. The quantitative estimate of drug-likeness (QED) is 0.609. The first kappa shape index (κ1) is 20.6. The van der Waals surface area contributed by atoms with E-state index < -0.39 is 0 Å². The van der Waals surface area contributed by atoms with Gasteiger partial charge in [-0.15, -0.1) is 0 Å². The number of amides is 1. The Balaban J connectivity index is 1.41. The fourth-order valence-corrected chi connectivity index (χ4v) is 4.67.